The summed E-state index contributed by atoms with van der Waals surface area (Å²) in [6.45, 7) is 16.0. The van der Waals surface area contributed by atoms with Crippen LogP contribution in [0.5, 0.6) is 0 Å². The topological polar surface area (TPSA) is 115 Å². The number of allylic oxidation sites excluding steroid dienone is 1. The van der Waals surface area contributed by atoms with Crippen molar-refractivity contribution in [3.05, 3.63) is 46.1 Å². The first-order valence-electron chi connectivity index (χ1n) is 26.7. The van der Waals surface area contributed by atoms with Crippen LogP contribution in [-0.4, -0.2) is 77.6 Å². The van der Waals surface area contributed by atoms with Gasteiger partial charge in [0.15, 0.2) is 0 Å². The van der Waals surface area contributed by atoms with Gasteiger partial charge in [-0.1, -0.05) is 12.2 Å². The predicted octanol–water partition coefficient (Wildman–Crippen LogP) is 65.3. The molecule has 1 N–H and O–H groups in total. The number of halogens is 75. The van der Waals surface area contributed by atoms with Crippen LogP contribution in [0.4, 0.5) is 27.2 Å². The summed E-state index contributed by atoms with van der Waals surface area (Å²) in [6.07, 6.45) is -0.152. The van der Waals surface area contributed by atoms with E-state index in [1.54, 1.807) is 41.5 Å². The number of carbonyl (C=O) groups excluding carboxylic acids is 2. The fourth-order valence-electron chi connectivity index (χ4n) is 7.52. The Kier molecular flexibility index (Phi) is 117. The predicted molar refractivity (Wildman–Crippen MR) is 1150 cm³/mol. The molecule has 2 aromatic rings. The van der Waals surface area contributed by atoms with E-state index in [1.165, 1.54) is 19.2 Å². The molecule has 120 heavy (non-hydrogen) atoms. The summed E-state index contributed by atoms with van der Waals surface area (Å²) in [5.41, 5.74) is 1.49. The molecule has 0 bridgehead atoms. The van der Waals surface area contributed by atoms with Crippen LogP contribution in [0.1, 0.15) is 101 Å². The van der Waals surface area contributed by atoms with Gasteiger partial charge in [0.2, 0.25) is 0 Å². The van der Waals surface area contributed by atoms with Crippen LogP contribution >= 0.6 is 949 Å². The number of ether oxygens (including phenoxy) is 2. The minimum absolute atomic E-state index is 0.0654. The summed E-state index contributed by atoms with van der Waals surface area (Å²) in [5, 5.41) is 18.1. The van der Waals surface area contributed by atoms with E-state index in [0.29, 0.717) is 68.2 Å². The van der Waals surface area contributed by atoms with Gasteiger partial charge in [-0.3, -0.25) is 9.36 Å². The van der Waals surface area contributed by atoms with Gasteiger partial charge in [0.1, 0.15) is 22.6 Å². The van der Waals surface area contributed by atoms with Crippen LogP contribution in [0.3, 0.4) is 0 Å². The second kappa shape index (κ2) is 86.4. The van der Waals surface area contributed by atoms with Crippen molar-refractivity contribution in [2.45, 2.75) is 129 Å². The third kappa shape index (κ3) is 59.5. The number of carbonyl (C=O) groups is 2. The summed E-state index contributed by atoms with van der Waals surface area (Å²) in [4.78, 5) is 27.5. The van der Waals surface area contributed by atoms with E-state index < -0.39 is 288 Å². The summed E-state index contributed by atoms with van der Waals surface area (Å²) >= 11 is 119. The molecular weight excluding hydrogens is 9660 g/mol. The molecule has 0 saturated heterocycles. The molecule has 4 aliphatic rings. The molecule has 770 valence electrons. The average molecular weight is 9710 g/mol. The number of aliphatic hydroxyl groups is 1. The molecule has 11 nitrogen and oxygen atoms in total. The second-order valence-electron chi connectivity index (χ2n) is 20.8. The number of nitrogens with zero attached hydrogens (tertiary/aromatic N) is 6. The van der Waals surface area contributed by atoms with Crippen molar-refractivity contribution in [3.63, 3.8) is 0 Å². The van der Waals surface area contributed by atoms with Crippen molar-refractivity contribution in [1.29, 1.82) is 0 Å². The van der Waals surface area contributed by atoms with E-state index in [2.05, 4.69) is 706 Å². The molecule has 4 aliphatic heterocycles. The molecular formula is C34H48F4I71N6O5-. The van der Waals surface area contributed by atoms with Gasteiger partial charge in [-0.05, 0) is 54.4 Å². The molecule has 0 aliphatic carbocycles. The molecule has 0 spiro atoms. The first-order chi connectivity index (χ1) is 54.9. The van der Waals surface area contributed by atoms with Gasteiger partial charge < -0.3 is 24.4 Å². The zero-order valence-electron chi connectivity index (χ0n) is 56.1. The molecule has 1 atom stereocenters. The van der Waals surface area contributed by atoms with Crippen LogP contribution in [-0.2, 0) is 60.3 Å². The summed E-state index contributed by atoms with van der Waals surface area (Å²) < 4.78 is 72.1. The van der Waals surface area contributed by atoms with Crippen molar-refractivity contribution >= 4 is 961 Å². The Hall–Kier alpha value is 48.2. The number of hydrogen-bond acceptors (Lipinski definition) is 7. The second-order valence-corrected chi connectivity index (χ2v) is 1650. The molecule has 0 fully saturated rings. The van der Waals surface area contributed by atoms with Crippen molar-refractivity contribution in [1.82, 2.24) is 29.4 Å². The quantitative estimate of drug-likeness (QED) is 0.0430. The Balaban J connectivity index is 0.000000418. The molecule has 1 unspecified atom stereocenters. The normalized spacial score (nSPS) is 19.8. The molecule has 2 amide bonds. The van der Waals surface area contributed by atoms with Crippen LogP contribution in [0.25, 0.3) is 0 Å². The van der Waals surface area contributed by atoms with Gasteiger partial charge in [-0.2, -0.15) is 27.8 Å². The third-order valence-electron chi connectivity index (χ3n) is 11.5. The number of alkyl halides is 4. The van der Waals surface area contributed by atoms with Gasteiger partial charge in [-0.25, -0.2) is 9.59 Å². The standard InChI is InChI=1S/C17H25F2N3O3.C17H23F2N3O2.I36.I35/c1-16(2,3)25-15(24)21-7-5-13-12(9-21)14-17(18,19)6-4-11(10-23)8-22(14)20-13;1-11-5-7-17(18,19)14-12-10-21(15(23)24-16(2,3)4)8-6-13(12)20-22(14)9-11;1-20(2)22(5)24(7)26(9)28(11)30(13)32(15)34(17)36(19)35(18)33(16)31(14)29(12)27(10)25(8)23(6)21(3)4;1-19-21(4)23(6)25(8)27(10)29(12)31(14)33(16)35(18)34(17)32(15)30(13)28(11)26(9)24(7)22(5)20(2)3/h11,23H,4-10H2,1-3H3;1,5-10H2,2-4H3;;/q;;;-1. The maximum absolute atomic E-state index is 14.7. The molecule has 0 radical (unpaired) electrons. The Bertz CT molecular complexity index is 3410. The van der Waals surface area contributed by atoms with Crippen LogP contribution in [0.15, 0.2) is 12.2 Å². The number of aromatic nitrogens is 4. The van der Waals surface area contributed by atoms with Gasteiger partial charge in [0, 0.05) is 69.0 Å². The number of fused-ring (bicyclic) bond motifs is 6. The van der Waals surface area contributed by atoms with Gasteiger partial charge in [0.05, 0.1) is 31.0 Å². The molecule has 86 heteroatoms. The molecule has 0 aromatic carbocycles. The molecule has 6 rings (SSSR count). The Morgan fingerprint density at radius 2 is 0.642 bits per heavy atom. The first kappa shape index (κ1) is 162. The van der Waals surface area contributed by atoms with Crippen LogP contribution < -0.4 is 13.3 Å². The zero-order valence-corrected chi connectivity index (χ0v) is 209. The minimum atomic E-state index is -3.01. The fraction of sp³-hybridized carbons (Fsp3) is 0.706. The van der Waals surface area contributed by atoms with Crippen molar-refractivity contribution in [3.8, 4) is 0 Å². The van der Waals surface area contributed by atoms with Gasteiger partial charge in [0.25, 0.3) is 11.8 Å². The van der Waals surface area contributed by atoms with Crippen LogP contribution in [0.2, 0.25) is 0 Å². The number of rotatable bonds is 33. The molecule has 6 heterocycles. The van der Waals surface area contributed by atoms with E-state index in [4.69, 9.17) is 9.47 Å². The average Bonchev–Trinajstić information content (AvgIpc) is 1.61. The summed E-state index contributed by atoms with van der Waals surface area (Å²) in [5.74, 6) is -6.20. The van der Waals surface area contributed by atoms with Gasteiger partial charge >= 0.3 is 975 Å². The van der Waals surface area contributed by atoms with Crippen LogP contribution in [0, 0.1) is 5.92 Å². The Morgan fingerprint density at radius 3 is 0.892 bits per heavy atom. The van der Waals surface area contributed by atoms with E-state index in [0.717, 1.165) is 5.57 Å². The summed E-state index contributed by atoms with van der Waals surface area (Å²) in [7, 11) is -15.9. The van der Waals surface area contributed by atoms with E-state index in [-0.39, 0.29) is 77.1 Å². The van der Waals surface area contributed by atoms with E-state index >= 15 is 0 Å². The van der Waals surface area contributed by atoms with E-state index in [1.807, 2.05) is 0 Å². The molecule has 2 aromatic heterocycles. The van der Waals surface area contributed by atoms with Crippen molar-refractivity contribution in [2.75, 3.05) is 19.7 Å². The third-order valence-corrected chi connectivity index (χ3v) is 5220. The van der Waals surface area contributed by atoms with Crippen molar-refractivity contribution in [2.24, 2.45) is 5.92 Å². The SMILES string of the molecule is C=C1CCC(F)(F)c2c3c(nn2C1)CCN(C(=O)OC(C)(C)C)C3.CC(C)(C)OC(=O)N1CCc2nn3c(c2C1)C(F)(F)CCC(CO)C3.II(I)I(I)I(I)I(I)I(I)I(I)I(I)I(I)I(I)I(I)I(I)I(I)I(I)I(I)I(I)I(I)I(I)I.I[I-]I(I)I(I)I(I)I(I)I(I)I(I)I(I)I(I)I(I)I(I)I(I)I(I)I(I)I(I)I(I)I(I)I. The summed E-state index contributed by atoms with van der Waals surface area (Å²) in [6, 6.07) is 0. The zero-order chi connectivity index (χ0) is 92.9. The number of amides is 2. The Morgan fingerprint density at radius 1 is 0.400 bits per heavy atom. The monoisotopic (exact) mass is 9710 g/mol. The van der Waals surface area contributed by atoms with E-state index in [9.17, 15) is 32.3 Å². The fourth-order valence-corrected chi connectivity index (χ4v) is 12400. The number of hydrogen-bond donors (Lipinski definition) is 1. The number of aliphatic hydroxyl groups excluding tert-OH is 1. The maximum atomic E-state index is 14.7. The van der Waals surface area contributed by atoms with Crippen molar-refractivity contribution < 1.29 is 55.0 Å². The molecule has 0 saturated carbocycles. The first-order valence-corrected chi connectivity index (χ1v) is 460. The van der Waals surface area contributed by atoms with Gasteiger partial charge in [-0.15, -0.1) is 0 Å². The Labute approximate surface area is 1190 Å².